The molecule has 2 unspecified atom stereocenters. The molecule has 0 aliphatic carbocycles. The molecule has 0 radical (unpaired) electrons. The van der Waals surface area contributed by atoms with E-state index in [1.54, 1.807) is 0 Å². The van der Waals surface area contributed by atoms with Gasteiger partial charge in [0, 0.05) is 67.8 Å². The van der Waals surface area contributed by atoms with Crippen molar-refractivity contribution in [3.05, 3.63) is 121 Å². The summed E-state index contributed by atoms with van der Waals surface area (Å²) in [6.07, 6.45) is 9.66. The van der Waals surface area contributed by atoms with Gasteiger partial charge in [0.15, 0.2) is 0 Å². The molecule has 6 aromatic carbocycles. The molecule has 3 heterocycles. The van der Waals surface area contributed by atoms with Gasteiger partial charge in [-0.05, 0) is 83.3 Å². The maximum absolute atomic E-state index is 14.5. The smallest absolute Gasteiger partial charge is 0.207 e. The van der Waals surface area contributed by atoms with E-state index in [9.17, 15) is 8.42 Å². The molecular weight excluding hydrogens is 717 g/mol. The first kappa shape index (κ1) is 37.4. The number of fused-ring (bicyclic) bond motifs is 9. The quantitative estimate of drug-likeness (QED) is 0.111. The molecule has 0 saturated heterocycles. The first-order valence-electron chi connectivity index (χ1n) is 21.4. The highest BCUT2D eigenvalue weighted by Gasteiger charge is 2.34. The minimum Gasteiger partial charge on any atom is -0.340 e. The van der Waals surface area contributed by atoms with Crippen LogP contribution >= 0.6 is 0 Å². The molecule has 8 aromatic rings. The molecule has 1 aliphatic heterocycles. The van der Waals surface area contributed by atoms with Gasteiger partial charge in [0.1, 0.15) is 0 Å². The second-order valence-corrected chi connectivity index (χ2v) is 18.4. The van der Waals surface area contributed by atoms with E-state index in [0.717, 1.165) is 59.3 Å². The van der Waals surface area contributed by atoms with Crippen LogP contribution in [0.25, 0.3) is 77.0 Å². The molecule has 0 amide bonds. The average molecular weight is 771 g/mol. The molecule has 0 fully saturated rings. The van der Waals surface area contributed by atoms with E-state index < -0.39 is 9.84 Å². The van der Waals surface area contributed by atoms with E-state index in [-0.39, 0.29) is 0 Å². The Kier molecular flexibility index (Phi) is 10.1. The number of para-hydroxylation sites is 2. The second-order valence-electron chi connectivity index (χ2n) is 16.5. The maximum atomic E-state index is 14.5. The zero-order valence-corrected chi connectivity index (χ0v) is 34.7. The van der Waals surface area contributed by atoms with Crippen LogP contribution in [0.4, 0.5) is 0 Å². The van der Waals surface area contributed by atoms with Crippen molar-refractivity contribution in [1.82, 2.24) is 9.13 Å². The lowest BCUT2D eigenvalue weighted by atomic mass is 9.97. The van der Waals surface area contributed by atoms with Crippen molar-refractivity contribution in [2.24, 2.45) is 11.8 Å². The lowest BCUT2D eigenvalue weighted by Gasteiger charge is -2.17. The summed E-state index contributed by atoms with van der Waals surface area (Å²) in [6.45, 7) is 11.1. The Hall–Kier alpha value is -5.13. The van der Waals surface area contributed by atoms with Crippen LogP contribution in [0.2, 0.25) is 0 Å². The highest BCUT2D eigenvalue weighted by Crippen LogP contribution is 2.47. The summed E-state index contributed by atoms with van der Waals surface area (Å²) in [5, 5.41) is 5.03. The second kappa shape index (κ2) is 15.3. The minimum atomic E-state index is -3.74. The Balaban J connectivity index is 1.08. The van der Waals surface area contributed by atoms with Gasteiger partial charge < -0.3 is 9.13 Å². The predicted molar refractivity (Wildman–Crippen MR) is 241 cm³/mol. The summed E-state index contributed by atoms with van der Waals surface area (Å²) in [4.78, 5) is 0.790. The van der Waals surface area contributed by atoms with Gasteiger partial charge in [0.25, 0.3) is 0 Å². The SMILES string of the molecule is CCCCC(CC)Cn1c2ccccc2c2ccc(-c3ccc4c(c3)S(=O)(=O)c3cc(-c5ccc6c7ccccc7n(CC(CC)CCCC)c6c5)ccc3-4)cc21. The van der Waals surface area contributed by atoms with Crippen molar-refractivity contribution in [1.29, 1.82) is 0 Å². The monoisotopic (exact) mass is 770 g/mol. The van der Waals surface area contributed by atoms with E-state index in [1.165, 1.54) is 82.1 Å². The molecule has 0 bridgehead atoms. The molecule has 290 valence electrons. The summed E-state index contributed by atoms with van der Waals surface area (Å²) in [5.41, 5.74) is 10.4. The van der Waals surface area contributed by atoms with Gasteiger partial charge in [-0.15, -0.1) is 0 Å². The van der Waals surface area contributed by atoms with Crippen LogP contribution in [-0.2, 0) is 22.9 Å². The van der Waals surface area contributed by atoms with Gasteiger partial charge in [-0.3, -0.25) is 0 Å². The van der Waals surface area contributed by atoms with Crippen LogP contribution in [-0.4, -0.2) is 17.6 Å². The van der Waals surface area contributed by atoms with Crippen LogP contribution < -0.4 is 0 Å². The molecule has 0 spiro atoms. The Morgan fingerprint density at radius 3 is 1.26 bits per heavy atom. The largest absolute Gasteiger partial charge is 0.340 e. The lowest BCUT2D eigenvalue weighted by Crippen LogP contribution is -2.10. The van der Waals surface area contributed by atoms with E-state index in [1.807, 2.05) is 24.3 Å². The van der Waals surface area contributed by atoms with E-state index in [0.29, 0.717) is 21.6 Å². The van der Waals surface area contributed by atoms with Crippen LogP contribution in [0.5, 0.6) is 0 Å². The minimum absolute atomic E-state index is 0.395. The molecule has 9 rings (SSSR count). The van der Waals surface area contributed by atoms with Gasteiger partial charge in [0.05, 0.1) is 9.79 Å². The number of rotatable bonds is 14. The molecule has 0 saturated carbocycles. The molecule has 0 N–H and O–H groups in total. The number of benzene rings is 6. The third-order valence-corrected chi connectivity index (χ3v) is 14.8. The predicted octanol–water partition coefficient (Wildman–Crippen LogP) is 14.5. The molecule has 5 heteroatoms. The van der Waals surface area contributed by atoms with Crippen LogP contribution in [0.3, 0.4) is 0 Å². The third-order valence-electron chi connectivity index (χ3n) is 13.0. The van der Waals surface area contributed by atoms with Crippen molar-refractivity contribution in [3.63, 3.8) is 0 Å². The number of hydrogen-bond acceptors (Lipinski definition) is 2. The highest BCUT2D eigenvalue weighted by molar-refractivity contribution is 7.92. The first-order chi connectivity index (χ1) is 27.8. The van der Waals surface area contributed by atoms with E-state index >= 15 is 0 Å². The van der Waals surface area contributed by atoms with Crippen LogP contribution in [0.1, 0.15) is 79.1 Å². The third kappa shape index (κ3) is 6.49. The van der Waals surface area contributed by atoms with Gasteiger partial charge in [-0.1, -0.05) is 151 Å². The summed E-state index contributed by atoms with van der Waals surface area (Å²) in [7, 11) is -3.74. The Morgan fingerprint density at radius 1 is 0.456 bits per heavy atom. The standard InChI is InChI=1S/C52H54N2O2S/c1-5-9-15-35(7-3)33-53-47-19-13-11-17-41(47)43-25-21-37(29-49(43)53)39-23-27-45-46-28-24-40(32-52(46)57(55,56)51(45)31-39)38-22-26-44-42-18-12-14-20-48(42)54(50(44)30-38)34-36(8-4)16-10-6-2/h11-14,17-32,35-36H,5-10,15-16,33-34H2,1-4H3. The topological polar surface area (TPSA) is 44.0 Å². The highest BCUT2D eigenvalue weighted by atomic mass is 32.2. The van der Waals surface area contributed by atoms with Crippen molar-refractivity contribution < 1.29 is 8.42 Å². The molecule has 1 aliphatic rings. The van der Waals surface area contributed by atoms with E-state index in [4.69, 9.17) is 0 Å². The fourth-order valence-electron chi connectivity index (χ4n) is 9.61. The zero-order chi connectivity index (χ0) is 39.3. The summed E-state index contributed by atoms with van der Waals surface area (Å²) < 4.78 is 34.0. The van der Waals surface area contributed by atoms with Gasteiger partial charge >= 0.3 is 0 Å². The Bertz CT molecular complexity index is 2700. The number of sulfone groups is 1. The van der Waals surface area contributed by atoms with Crippen LogP contribution in [0.15, 0.2) is 131 Å². The number of aromatic nitrogens is 2. The van der Waals surface area contributed by atoms with Crippen molar-refractivity contribution in [2.75, 3.05) is 0 Å². The Labute approximate surface area is 338 Å². The van der Waals surface area contributed by atoms with Crippen molar-refractivity contribution >= 4 is 53.4 Å². The van der Waals surface area contributed by atoms with Crippen LogP contribution in [0, 0.1) is 11.8 Å². The summed E-state index contributed by atoms with van der Waals surface area (Å²) in [6, 6.07) is 42.8. The van der Waals surface area contributed by atoms with Gasteiger partial charge in [0.2, 0.25) is 9.84 Å². The fourth-order valence-corrected chi connectivity index (χ4v) is 11.4. The van der Waals surface area contributed by atoms with Crippen molar-refractivity contribution in [3.8, 4) is 33.4 Å². The summed E-state index contributed by atoms with van der Waals surface area (Å²) >= 11 is 0. The lowest BCUT2D eigenvalue weighted by molar-refractivity contribution is 0.401. The fraction of sp³-hybridized carbons (Fsp3) is 0.308. The summed E-state index contributed by atoms with van der Waals surface area (Å²) in [5.74, 6) is 1.22. The first-order valence-corrected chi connectivity index (χ1v) is 22.9. The number of hydrogen-bond donors (Lipinski definition) is 0. The number of unbranched alkanes of at least 4 members (excludes halogenated alkanes) is 2. The number of nitrogens with zero attached hydrogens (tertiary/aromatic N) is 2. The maximum Gasteiger partial charge on any atom is 0.207 e. The van der Waals surface area contributed by atoms with E-state index in [2.05, 4.69) is 134 Å². The average Bonchev–Trinajstić information content (AvgIpc) is 3.82. The molecule has 2 aromatic heterocycles. The van der Waals surface area contributed by atoms with Gasteiger partial charge in [-0.2, -0.15) is 0 Å². The Morgan fingerprint density at radius 2 is 0.842 bits per heavy atom. The normalized spacial score (nSPS) is 14.5. The molecule has 4 nitrogen and oxygen atoms in total. The molecule has 2 atom stereocenters. The molecular formula is C52H54N2O2S. The van der Waals surface area contributed by atoms with Crippen molar-refractivity contribution in [2.45, 2.75) is 102 Å². The molecule has 57 heavy (non-hydrogen) atoms. The van der Waals surface area contributed by atoms with Gasteiger partial charge in [-0.25, -0.2) is 8.42 Å². The zero-order valence-electron chi connectivity index (χ0n) is 33.9.